The predicted octanol–water partition coefficient (Wildman–Crippen LogP) is 3.70. The Hall–Kier alpha value is -2.12. The molecule has 0 spiro atoms. The van der Waals surface area contributed by atoms with E-state index in [9.17, 15) is 22.7 Å². The van der Waals surface area contributed by atoms with Gasteiger partial charge in [0.05, 0.1) is 6.10 Å². The molecule has 0 amide bonds. The van der Waals surface area contributed by atoms with Gasteiger partial charge in [-0.2, -0.15) is 8.78 Å². The lowest BCUT2D eigenvalue weighted by molar-refractivity contribution is -0.0505. The minimum Gasteiger partial charge on any atom is -0.434 e. The van der Waals surface area contributed by atoms with Gasteiger partial charge in [-0.3, -0.25) is 0 Å². The van der Waals surface area contributed by atoms with Crippen LogP contribution in [-0.2, 0) is 6.54 Å². The Balaban J connectivity index is 1.99. The highest BCUT2D eigenvalue weighted by Crippen LogP contribution is 2.22. The Morgan fingerprint density at radius 3 is 2.54 bits per heavy atom. The molecule has 0 heterocycles. The van der Waals surface area contributed by atoms with Crippen molar-refractivity contribution in [2.45, 2.75) is 26.2 Å². The zero-order valence-corrected chi connectivity index (χ0v) is 12.9. The minimum absolute atomic E-state index is 0.0329. The van der Waals surface area contributed by atoms with Crippen LogP contribution in [0.5, 0.6) is 5.75 Å². The maximum absolute atomic E-state index is 13.6. The summed E-state index contributed by atoms with van der Waals surface area (Å²) >= 11 is 0. The molecule has 0 aliphatic rings. The van der Waals surface area contributed by atoms with Gasteiger partial charge in [0.25, 0.3) is 0 Å². The number of benzene rings is 2. The van der Waals surface area contributed by atoms with Gasteiger partial charge in [0.1, 0.15) is 17.4 Å². The molecular weight excluding hydrogens is 326 g/mol. The van der Waals surface area contributed by atoms with Gasteiger partial charge in [0.2, 0.25) is 0 Å². The maximum atomic E-state index is 13.6. The van der Waals surface area contributed by atoms with Crippen LogP contribution >= 0.6 is 0 Å². The molecule has 0 radical (unpaired) electrons. The second-order valence-corrected chi connectivity index (χ2v) is 5.30. The van der Waals surface area contributed by atoms with E-state index in [-0.39, 0.29) is 24.4 Å². The van der Waals surface area contributed by atoms with Crippen molar-refractivity contribution < 1.29 is 27.4 Å². The summed E-state index contributed by atoms with van der Waals surface area (Å²) in [5, 5.41) is 12.8. The molecule has 1 atom stereocenters. The molecule has 0 aromatic heterocycles. The minimum atomic E-state index is -2.94. The van der Waals surface area contributed by atoms with Gasteiger partial charge in [-0.25, -0.2) is 8.78 Å². The molecule has 2 aromatic rings. The van der Waals surface area contributed by atoms with Gasteiger partial charge in [0.15, 0.2) is 0 Å². The second-order valence-electron chi connectivity index (χ2n) is 5.30. The first-order valence-corrected chi connectivity index (χ1v) is 7.25. The quantitative estimate of drug-likeness (QED) is 0.754. The summed E-state index contributed by atoms with van der Waals surface area (Å²) < 4.78 is 55.7. The largest absolute Gasteiger partial charge is 0.434 e. The number of hydrogen-bond donors (Lipinski definition) is 2. The molecule has 7 heteroatoms. The molecule has 3 nitrogen and oxygen atoms in total. The van der Waals surface area contributed by atoms with E-state index in [0.29, 0.717) is 11.6 Å². The molecule has 0 aliphatic carbocycles. The highest BCUT2D eigenvalue weighted by Gasteiger charge is 2.14. The van der Waals surface area contributed by atoms with Crippen LogP contribution in [-0.4, -0.2) is 18.3 Å². The van der Waals surface area contributed by atoms with Gasteiger partial charge in [-0.1, -0.05) is 23.8 Å². The molecule has 2 N–H and O–H groups in total. The van der Waals surface area contributed by atoms with Crippen molar-refractivity contribution in [3.05, 3.63) is 64.7 Å². The summed E-state index contributed by atoms with van der Waals surface area (Å²) in [4.78, 5) is 0. The number of ether oxygens (including phenoxy) is 1. The molecule has 2 rings (SSSR count). The summed E-state index contributed by atoms with van der Waals surface area (Å²) in [7, 11) is 0. The van der Waals surface area contributed by atoms with Gasteiger partial charge < -0.3 is 15.2 Å². The number of nitrogens with one attached hydrogen (secondary N) is 1. The molecule has 0 saturated heterocycles. The van der Waals surface area contributed by atoms with Crippen LogP contribution in [0.4, 0.5) is 17.6 Å². The zero-order valence-electron chi connectivity index (χ0n) is 12.9. The van der Waals surface area contributed by atoms with Crippen molar-refractivity contribution in [2.75, 3.05) is 6.54 Å². The first-order chi connectivity index (χ1) is 11.4. The number of hydrogen-bond acceptors (Lipinski definition) is 3. The van der Waals surface area contributed by atoms with E-state index in [0.717, 1.165) is 17.7 Å². The van der Waals surface area contributed by atoms with Gasteiger partial charge in [0, 0.05) is 30.3 Å². The van der Waals surface area contributed by atoms with Crippen molar-refractivity contribution in [1.29, 1.82) is 0 Å². The third-order valence-electron chi connectivity index (χ3n) is 3.41. The molecule has 24 heavy (non-hydrogen) atoms. The highest BCUT2D eigenvalue weighted by atomic mass is 19.3. The van der Waals surface area contributed by atoms with Gasteiger partial charge >= 0.3 is 6.61 Å². The Kier molecular flexibility index (Phi) is 6.16. The Morgan fingerprint density at radius 2 is 1.88 bits per heavy atom. The summed E-state index contributed by atoms with van der Waals surface area (Å²) in [6, 6.07) is 7.66. The number of aliphatic hydroxyl groups is 1. The fourth-order valence-corrected chi connectivity index (χ4v) is 2.28. The van der Waals surface area contributed by atoms with Gasteiger partial charge in [-0.05, 0) is 19.1 Å². The van der Waals surface area contributed by atoms with Crippen molar-refractivity contribution in [3.8, 4) is 5.75 Å². The summed E-state index contributed by atoms with van der Waals surface area (Å²) in [5.74, 6) is -1.54. The fraction of sp³-hybridized carbons (Fsp3) is 0.294. The molecule has 2 aromatic carbocycles. The lowest BCUT2D eigenvalue weighted by Gasteiger charge is -2.15. The van der Waals surface area contributed by atoms with E-state index < -0.39 is 24.3 Å². The summed E-state index contributed by atoms with van der Waals surface area (Å²) in [6.07, 6.45) is -1.20. The first-order valence-electron chi connectivity index (χ1n) is 7.25. The average Bonchev–Trinajstić information content (AvgIpc) is 2.49. The second kappa shape index (κ2) is 8.12. The Morgan fingerprint density at radius 1 is 1.12 bits per heavy atom. The van der Waals surface area contributed by atoms with Crippen molar-refractivity contribution in [2.24, 2.45) is 0 Å². The van der Waals surface area contributed by atoms with Crippen LogP contribution in [0.2, 0.25) is 0 Å². The SMILES string of the molecule is Cc1ccc(OC(F)F)c(CNCC(O)c2ccc(F)cc2F)c1. The van der Waals surface area contributed by atoms with E-state index in [1.165, 1.54) is 6.07 Å². The van der Waals surface area contributed by atoms with Gasteiger partial charge in [-0.15, -0.1) is 0 Å². The molecule has 0 fully saturated rings. The monoisotopic (exact) mass is 343 g/mol. The zero-order chi connectivity index (χ0) is 17.7. The standard InChI is InChI=1S/C17H17F4NO2/c1-10-2-5-16(24-17(20)21)11(6-10)8-22-9-15(23)13-4-3-12(18)7-14(13)19/h2-7,15,17,22-23H,8-9H2,1H3. The number of aliphatic hydroxyl groups excluding tert-OH is 1. The van der Waals surface area contributed by atoms with E-state index in [4.69, 9.17) is 0 Å². The third kappa shape index (κ3) is 4.94. The summed E-state index contributed by atoms with van der Waals surface area (Å²) in [5.41, 5.74) is 1.30. The molecule has 1 unspecified atom stereocenters. The predicted molar refractivity (Wildman–Crippen MR) is 80.8 cm³/mol. The average molecular weight is 343 g/mol. The van der Waals surface area contributed by atoms with Crippen LogP contribution in [0.1, 0.15) is 22.8 Å². The maximum Gasteiger partial charge on any atom is 0.387 e. The third-order valence-corrected chi connectivity index (χ3v) is 3.41. The molecule has 0 aliphatic heterocycles. The van der Waals surface area contributed by atoms with Crippen LogP contribution in [0.25, 0.3) is 0 Å². The van der Waals surface area contributed by atoms with E-state index >= 15 is 0 Å². The Labute approximate surface area is 136 Å². The first kappa shape index (κ1) is 18.2. The van der Waals surface area contributed by atoms with E-state index in [2.05, 4.69) is 10.1 Å². The van der Waals surface area contributed by atoms with Crippen LogP contribution in [0, 0.1) is 18.6 Å². The smallest absolute Gasteiger partial charge is 0.387 e. The van der Waals surface area contributed by atoms with Crippen molar-refractivity contribution in [3.63, 3.8) is 0 Å². The lowest BCUT2D eigenvalue weighted by atomic mass is 10.1. The number of rotatable bonds is 7. The fourth-order valence-electron chi connectivity index (χ4n) is 2.28. The topological polar surface area (TPSA) is 41.5 Å². The van der Waals surface area contributed by atoms with E-state index in [1.807, 2.05) is 0 Å². The van der Waals surface area contributed by atoms with Crippen LogP contribution in [0.3, 0.4) is 0 Å². The number of alkyl halides is 2. The number of aryl methyl sites for hydroxylation is 1. The summed E-state index contributed by atoms with van der Waals surface area (Å²) in [6.45, 7) is -1.03. The molecular formula is C17H17F4NO2. The molecule has 130 valence electrons. The van der Waals surface area contributed by atoms with Crippen LogP contribution in [0.15, 0.2) is 36.4 Å². The van der Waals surface area contributed by atoms with Crippen molar-refractivity contribution >= 4 is 0 Å². The Bertz CT molecular complexity index is 694. The lowest BCUT2D eigenvalue weighted by Crippen LogP contribution is -2.22. The normalized spacial score (nSPS) is 12.5. The van der Waals surface area contributed by atoms with Crippen LogP contribution < -0.4 is 10.1 Å². The van der Waals surface area contributed by atoms with Crippen molar-refractivity contribution in [1.82, 2.24) is 5.32 Å². The number of halogens is 4. The van der Waals surface area contributed by atoms with E-state index in [1.54, 1.807) is 19.1 Å². The molecule has 0 bridgehead atoms. The highest BCUT2D eigenvalue weighted by molar-refractivity contribution is 5.37. The molecule has 0 saturated carbocycles.